The van der Waals surface area contributed by atoms with Crippen LogP contribution in [0.5, 0.6) is 5.88 Å². The van der Waals surface area contributed by atoms with Crippen molar-refractivity contribution in [3.63, 3.8) is 0 Å². The van der Waals surface area contributed by atoms with Gasteiger partial charge in [-0.2, -0.15) is 10.2 Å². The largest absolute Gasteiger partial charge is 0.476 e. The number of H-pyrrole nitrogens is 1. The van der Waals surface area contributed by atoms with Gasteiger partial charge >= 0.3 is 0 Å². The predicted octanol–water partition coefficient (Wildman–Crippen LogP) is 3.82. The molecular formula is C20H22N4O. The van der Waals surface area contributed by atoms with Crippen LogP contribution in [0.2, 0.25) is 0 Å². The summed E-state index contributed by atoms with van der Waals surface area (Å²) in [6.45, 7) is 7.74. The fourth-order valence-electron chi connectivity index (χ4n) is 2.94. The summed E-state index contributed by atoms with van der Waals surface area (Å²) in [6.07, 6.45) is 1.70. The number of nitriles is 1. The molecule has 5 heteroatoms. The normalized spacial score (nSPS) is 11.0. The second kappa shape index (κ2) is 7.82. The first kappa shape index (κ1) is 17.0. The van der Waals surface area contributed by atoms with Gasteiger partial charge in [-0.25, -0.2) is 0 Å². The highest BCUT2D eigenvalue weighted by Crippen LogP contribution is 2.32. The number of ether oxygens (including phenoxy) is 1. The van der Waals surface area contributed by atoms with E-state index in [0.717, 1.165) is 36.1 Å². The molecule has 0 saturated carbocycles. The van der Waals surface area contributed by atoms with Gasteiger partial charge in [-0.1, -0.05) is 44.2 Å². The van der Waals surface area contributed by atoms with Crippen molar-refractivity contribution < 1.29 is 4.74 Å². The number of rotatable bonds is 7. The Morgan fingerprint density at radius 3 is 2.64 bits per heavy atom. The average Bonchev–Trinajstić information content (AvgIpc) is 3.08. The number of likely N-dealkylation sites (N-methyl/N-ethyl adjacent to an activating group) is 1. The molecule has 2 aromatic heterocycles. The van der Waals surface area contributed by atoms with Gasteiger partial charge in [0.1, 0.15) is 18.3 Å². The number of pyridine rings is 1. The number of fused-ring (bicyclic) bond motifs is 1. The number of nitrogens with one attached hydrogen (secondary N) is 1. The summed E-state index contributed by atoms with van der Waals surface area (Å²) in [5, 5.41) is 10.2. The number of nitrogens with zero attached hydrogens (tertiary/aromatic N) is 3. The quantitative estimate of drug-likeness (QED) is 0.713. The van der Waals surface area contributed by atoms with Crippen LogP contribution in [0.3, 0.4) is 0 Å². The highest BCUT2D eigenvalue weighted by Gasteiger charge is 2.14. The first-order valence-corrected chi connectivity index (χ1v) is 8.59. The lowest BCUT2D eigenvalue weighted by atomic mass is 10.0. The standard InChI is InChI=1S/C20H22N4O/c1-3-24(4-2)10-11-25-18-12-17(15-8-6-5-7-9-15)19-16(13-21)14-22-20(19)23-18/h5-9,12,14H,3-4,10-11H2,1-2H3,(H,22,23). The molecule has 5 nitrogen and oxygen atoms in total. The van der Waals surface area contributed by atoms with E-state index >= 15 is 0 Å². The average molecular weight is 334 g/mol. The van der Waals surface area contributed by atoms with Crippen LogP contribution in [0.1, 0.15) is 19.4 Å². The first-order valence-electron chi connectivity index (χ1n) is 8.59. The van der Waals surface area contributed by atoms with Gasteiger partial charge < -0.3 is 14.6 Å². The lowest BCUT2D eigenvalue weighted by Crippen LogP contribution is -2.28. The van der Waals surface area contributed by atoms with E-state index in [1.165, 1.54) is 0 Å². The fraction of sp³-hybridized carbons (Fsp3) is 0.300. The molecule has 0 bridgehead atoms. The van der Waals surface area contributed by atoms with Crippen LogP contribution >= 0.6 is 0 Å². The highest BCUT2D eigenvalue weighted by molar-refractivity contribution is 5.97. The zero-order valence-corrected chi connectivity index (χ0v) is 14.6. The van der Waals surface area contributed by atoms with Crippen LogP contribution < -0.4 is 4.74 Å². The topological polar surface area (TPSA) is 64.9 Å². The SMILES string of the molecule is CCN(CC)CCOc1cc(-c2ccccc2)c2c(C#N)c[nH]c2n1. The van der Waals surface area contributed by atoms with E-state index in [1.807, 2.05) is 36.4 Å². The third-order valence-electron chi connectivity index (χ3n) is 4.38. The maximum atomic E-state index is 9.39. The summed E-state index contributed by atoms with van der Waals surface area (Å²) in [6, 6.07) is 14.2. The van der Waals surface area contributed by atoms with Crippen LogP contribution in [-0.2, 0) is 0 Å². The van der Waals surface area contributed by atoms with E-state index in [9.17, 15) is 5.26 Å². The molecule has 0 saturated heterocycles. The molecule has 0 spiro atoms. The second-order valence-corrected chi connectivity index (χ2v) is 5.79. The number of benzene rings is 1. The molecule has 3 rings (SSSR count). The van der Waals surface area contributed by atoms with E-state index in [2.05, 4.69) is 34.8 Å². The monoisotopic (exact) mass is 334 g/mol. The van der Waals surface area contributed by atoms with Gasteiger partial charge in [0.25, 0.3) is 0 Å². The summed E-state index contributed by atoms with van der Waals surface area (Å²) < 4.78 is 5.90. The highest BCUT2D eigenvalue weighted by atomic mass is 16.5. The molecule has 2 heterocycles. The molecule has 0 atom stereocenters. The summed E-state index contributed by atoms with van der Waals surface area (Å²) in [4.78, 5) is 9.92. The minimum Gasteiger partial charge on any atom is -0.476 e. The van der Waals surface area contributed by atoms with Crippen LogP contribution in [0.15, 0.2) is 42.6 Å². The molecule has 0 unspecified atom stereocenters. The van der Waals surface area contributed by atoms with Gasteiger partial charge in [-0.15, -0.1) is 0 Å². The molecule has 0 radical (unpaired) electrons. The molecule has 0 amide bonds. The van der Waals surface area contributed by atoms with Crippen molar-refractivity contribution in [3.05, 3.63) is 48.2 Å². The summed E-state index contributed by atoms with van der Waals surface area (Å²) >= 11 is 0. The number of hydrogen-bond acceptors (Lipinski definition) is 4. The fourth-order valence-corrected chi connectivity index (χ4v) is 2.94. The van der Waals surface area contributed by atoms with Gasteiger partial charge in [-0.05, 0) is 24.2 Å². The van der Waals surface area contributed by atoms with Gasteiger partial charge in [0.2, 0.25) is 5.88 Å². The number of hydrogen-bond donors (Lipinski definition) is 1. The Morgan fingerprint density at radius 1 is 1.20 bits per heavy atom. The summed E-state index contributed by atoms with van der Waals surface area (Å²) in [5.74, 6) is 0.574. The van der Waals surface area contributed by atoms with Crippen molar-refractivity contribution in [2.75, 3.05) is 26.2 Å². The van der Waals surface area contributed by atoms with Crippen molar-refractivity contribution in [2.24, 2.45) is 0 Å². The van der Waals surface area contributed by atoms with Gasteiger partial charge in [0.05, 0.1) is 5.56 Å². The Morgan fingerprint density at radius 2 is 1.96 bits per heavy atom. The van der Waals surface area contributed by atoms with Crippen molar-refractivity contribution in [1.29, 1.82) is 5.26 Å². The zero-order chi connectivity index (χ0) is 17.6. The molecule has 0 aliphatic heterocycles. The van der Waals surface area contributed by atoms with Crippen LogP contribution in [-0.4, -0.2) is 41.1 Å². The molecule has 25 heavy (non-hydrogen) atoms. The molecule has 0 aliphatic carbocycles. The number of aromatic amines is 1. The maximum Gasteiger partial charge on any atom is 0.215 e. The number of aromatic nitrogens is 2. The van der Waals surface area contributed by atoms with Crippen LogP contribution in [0.4, 0.5) is 0 Å². The Labute approximate surface area is 147 Å². The third-order valence-corrected chi connectivity index (χ3v) is 4.38. The van der Waals surface area contributed by atoms with E-state index < -0.39 is 0 Å². The molecule has 0 fully saturated rings. The smallest absolute Gasteiger partial charge is 0.215 e. The van der Waals surface area contributed by atoms with Gasteiger partial charge in [0.15, 0.2) is 0 Å². The van der Waals surface area contributed by atoms with Crippen LogP contribution in [0.25, 0.3) is 22.2 Å². The molecular weight excluding hydrogens is 312 g/mol. The predicted molar refractivity (Wildman–Crippen MR) is 99.5 cm³/mol. The van der Waals surface area contributed by atoms with Crippen molar-refractivity contribution in [1.82, 2.24) is 14.9 Å². The van der Waals surface area contributed by atoms with E-state index in [1.54, 1.807) is 6.20 Å². The summed E-state index contributed by atoms with van der Waals surface area (Å²) in [7, 11) is 0. The molecule has 0 aliphatic rings. The molecule has 1 aromatic carbocycles. The van der Waals surface area contributed by atoms with Crippen molar-refractivity contribution >= 4 is 11.0 Å². The first-order chi connectivity index (χ1) is 12.3. The summed E-state index contributed by atoms with van der Waals surface area (Å²) in [5.41, 5.74) is 3.27. The lowest BCUT2D eigenvalue weighted by Gasteiger charge is -2.18. The van der Waals surface area contributed by atoms with Crippen molar-refractivity contribution in [3.8, 4) is 23.1 Å². The second-order valence-electron chi connectivity index (χ2n) is 5.79. The van der Waals surface area contributed by atoms with Gasteiger partial charge in [0, 0.05) is 24.2 Å². The molecule has 3 aromatic rings. The lowest BCUT2D eigenvalue weighted by molar-refractivity contribution is 0.218. The molecule has 128 valence electrons. The van der Waals surface area contributed by atoms with E-state index in [4.69, 9.17) is 4.74 Å². The van der Waals surface area contributed by atoms with Crippen LogP contribution in [0, 0.1) is 11.3 Å². The van der Waals surface area contributed by atoms with Crippen molar-refractivity contribution in [2.45, 2.75) is 13.8 Å². The minimum absolute atomic E-state index is 0.574. The third kappa shape index (κ3) is 3.65. The van der Waals surface area contributed by atoms with E-state index in [0.29, 0.717) is 23.7 Å². The Hall–Kier alpha value is -2.84. The Bertz CT molecular complexity index is 876. The minimum atomic E-state index is 0.574. The Kier molecular flexibility index (Phi) is 5.32. The maximum absolute atomic E-state index is 9.39. The molecule has 1 N–H and O–H groups in total. The zero-order valence-electron chi connectivity index (χ0n) is 14.6. The Balaban J connectivity index is 1.95. The van der Waals surface area contributed by atoms with Gasteiger partial charge in [-0.3, -0.25) is 0 Å². The van der Waals surface area contributed by atoms with E-state index in [-0.39, 0.29) is 0 Å².